The van der Waals surface area contributed by atoms with E-state index >= 15 is 0 Å². The molecule has 0 atom stereocenters. The van der Waals surface area contributed by atoms with Crippen LogP contribution in [0.5, 0.6) is 5.75 Å². The van der Waals surface area contributed by atoms with E-state index in [-0.39, 0.29) is 11.8 Å². The minimum atomic E-state index is -0.278. The highest BCUT2D eigenvalue weighted by molar-refractivity contribution is 9.10. The van der Waals surface area contributed by atoms with Crippen molar-refractivity contribution in [2.45, 2.75) is 20.3 Å². The number of piperazine rings is 1. The zero-order chi connectivity index (χ0) is 21.8. The molecule has 1 heterocycles. The number of ether oxygens (including phenoxy) is 1. The number of para-hydroxylation sites is 1. The molecule has 2 aromatic rings. The zero-order valence-electron chi connectivity index (χ0n) is 17.3. The SMILES string of the molecule is CCC(=O)N1CCN(c2c(Cl)cccc2NC(=O)c2cc(Br)cc(C)c2OC)CC1. The molecule has 6 nitrogen and oxygen atoms in total. The predicted molar refractivity (Wildman–Crippen MR) is 124 cm³/mol. The van der Waals surface area contributed by atoms with Crippen LogP contribution < -0.4 is 15.0 Å². The first-order chi connectivity index (χ1) is 14.3. The number of halogens is 2. The average molecular weight is 495 g/mol. The molecule has 2 amide bonds. The molecule has 0 aliphatic carbocycles. The number of nitrogens with zero attached hydrogens (tertiary/aromatic N) is 2. The van der Waals surface area contributed by atoms with Crippen LogP contribution in [-0.4, -0.2) is 50.0 Å². The number of nitrogens with one attached hydrogen (secondary N) is 1. The van der Waals surface area contributed by atoms with Crippen molar-refractivity contribution in [1.29, 1.82) is 0 Å². The Hall–Kier alpha value is -2.25. The molecule has 0 aromatic heterocycles. The molecular formula is C22H25BrClN3O3. The van der Waals surface area contributed by atoms with Crippen LogP contribution >= 0.6 is 27.5 Å². The summed E-state index contributed by atoms with van der Waals surface area (Å²) >= 11 is 9.97. The summed E-state index contributed by atoms with van der Waals surface area (Å²) in [6.45, 7) is 6.32. The number of rotatable bonds is 5. The lowest BCUT2D eigenvalue weighted by Crippen LogP contribution is -2.48. The number of amides is 2. The van der Waals surface area contributed by atoms with Crippen molar-refractivity contribution in [2.75, 3.05) is 43.5 Å². The van der Waals surface area contributed by atoms with E-state index in [0.29, 0.717) is 54.6 Å². The molecule has 30 heavy (non-hydrogen) atoms. The Kier molecular flexibility index (Phi) is 7.26. The fourth-order valence-electron chi connectivity index (χ4n) is 3.70. The van der Waals surface area contributed by atoms with E-state index in [2.05, 4.69) is 26.1 Å². The third-order valence-electron chi connectivity index (χ3n) is 5.17. The number of anilines is 2. The average Bonchev–Trinajstić information content (AvgIpc) is 2.73. The van der Waals surface area contributed by atoms with Crippen molar-refractivity contribution in [3.8, 4) is 5.75 Å². The molecule has 0 spiro atoms. The van der Waals surface area contributed by atoms with Gasteiger partial charge in [0, 0.05) is 37.1 Å². The predicted octanol–water partition coefficient (Wildman–Crippen LogP) is 4.73. The van der Waals surface area contributed by atoms with Crippen LogP contribution in [0.25, 0.3) is 0 Å². The maximum Gasteiger partial charge on any atom is 0.259 e. The second-order valence-corrected chi connectivity index (χ2v) is 8.44. The lowest BCUT2D eigenvalue weighted by atomic mass is 10.1. The van der Waals surface area contributed by atoms with Gasteiger partial charge in [0.15, 0.2) is 0 Å². The number of carbonyl (C=O) groups excluding carboxylic acids is 2. The number of benzene rings is 2. The molecule has 2 aromatic carbocycles. The van der Waals surface area contributed by atoms with E-state index in [1.54, 1.807) is 19.2 Å². The Morgan fingerprint density at radius 1 is 1.20 bits per heavy atom. The molecule has 1 N–H and O–H groups in total. The Morgan fingerprint density at radius 3 is 2.53 bits per heavy atom. The smallest absolute Gasteiger partial charge is 0.259 e. The van der Waals surface area contributed by atoms with Crippen molar-refractivity contribution in [1.82, 2.24) is 4.90 Å². The largest absolute Gasteiger partial charge is 0.496 e. The zero-order valence-corrected chi connectivity index (χ0v) is 19.6. The molecule has 0 saturated carbocycles. The van der Waals surface area contributed by atoms with Gasteiger partial charge in [-0.3, -0.25) is 9.59 Å². The van der Waals surface area contributed by atoms with Gasteiger partial charge < -0.3 is 19.9 Å². The Balaban J connectivity index is 1.86. The molecule has 8 heteroatoms. The van der Waals surface area contributed by atoms with Gasteiger partial charge in [-0.2, -0.15) is 0 Å². The summed E-state index contributed by atoms with van der Waals surface area (Å²) in [6, 6.07) is 9.08. The van der Waals surface area contributed by atoms with Crippen LogP contribution in [0.4, 0.5) is 11.4 Å². The van der Waals surface area contributed by atoms with Gasteiger partial charge >= 0.3 is 0 Å². The van der Waals surface area contributed by atoms with Crippen molar-refractivity contribution in [3.63, 3.8) is 0 Å². The van der Waals surface area contributed by atoms with Gasteiger partial charge in [0.05, 0.1) is 29.1 Å². The van der Waals surface area contributed by atoms with Crippen LogP contribution in [-0.2, 0) is 4.79 Å². The van der Waals surface area contributed by atoms with Crippen LogP contribution in [0, 0.1) is 6.92 Å². The lowest BCUT2D eigenvalue weighted by Gasteiger charge is -2.37. The van der Waals surface area contributed by atoms with E-state index < -0.39 is 0 Å². The Labute approximate surface area is 190 Å². The molecule has 1 saturated heterocycles. The van der Waals surface area contributed by atoms with Crippen molar-refractivity contribution in [3.05, 3.63) is 51.0 Å². The molecule has 1 fully saturated rings. The molecule has 3 rings (SSSR count). The van der Waals surface area contributed by atoms with Crippen molar-refractivity contribution < 1.29 is 14.3 Å². The number of aryl methyl sites for hydroxylation is 1. The standard InChI is InChI=1S/C22H25BrClN3O3/c1-4-19(28)26-8-10-27(11-9-26)20-17(24)6-5-7-18(20)25-22(29)16-13-15(23)12-14(2)21(16)30-3/h5-7,12-13H,4,8-11H2,1-3H3,(H,25,29). The normalized spacial score (nSPS) is 13.9. The number of methoxy groups -OCH3 is 1. The minimum absolute atomic E-state index is 0.152. The summed E-state index contributed by atoms with van der Waals surface area (Å²) < 4.78 is 6.25. The second kappa shape index (κ2) is 9.71. The fraction of sp³-hybridized carbons (Fsp3) is 0.364. The summed E-state index contributed by atoms with van der Waals surface area (Å²) in [5.74, 6) is 0.407. The molecule has 160 valence electrons. The van der Waals surface area contributed by atoms with Gasteiger partial charge in [-0.15, -0.1) is 0 Å². The van der Waals surface area contributed by atoms with Gasteiger partial charge in [-0.05, 0) is 36.8 Å². The van der Waals surface area contributed by atoms with E-state index in [1.165, 1.54) is 0 Å². The second-order valence-electron chi connectivity index (χ2n) is 7.12. The van der Waals surface area contributed by atoms with Gasteiger partial charge in [0.25, 0.3) is 5.91 Å². The molecule has 0 unspecified atom stereocenters. The number of carbonyl (C=O) groups is 2. The van der Waals surface area contributed by atoms with Crippen LogP contribution in [0.2, 0.25) is 5.02 Å². The van der Waals surface area contributed by atoms with Gasteiger partial charge in [-0.25, -0.2) is 0 Å². The highest BCUT2D eigenvalue weighted by Gasteiger charge is 2.25. The molecule has 0 bridgehead atoms. The highest BCUT2D eigenvalue weighted by Crippen LogP contribution is 2.36. The highest BCUT2D eigenvalue weighted by atomic mass is 79.9. The Bertz CT molecular complexity index is 959. The molecular weight excluding hydrogens is 470 g/mol. The number of hydrogen-bond acceptors (Lipinski definition) is 4. The third-order valence-corrected chi connectivity index (χ3v) is 5.94. The maximum absolute atomic E-state index is 13.1. The van der Waals surface area contributed by atoms with E-state index in [1.807, 2.05) is 36.9 Å². The van der Waals surface area contributed by atoms with Crippen molar-refractivity contribution >= 4 is 50.7 Å². The first-order valence-corrected chi connectivity index (χ1v) is 11.0. The first kappa shape index (κ1) is 22.4. The van der Waals surface area contributed by atoms with Gasteiger partial charge in [0.2, 0.25) is 5.91 Å². The third kappa shape index (κ3) is 4.73. The van der Waals surface area contributed by atoms with Gasteiger partial charge in [-0.1, -0.05) is 40.5 Å². The summed E-state index contributed by atoms with van der Waals surface area (Å²) in [5.41, 5.74) is 2.69. The Morgan fingerprint density at radius 2 is 1.90 bits per heavy atom. The summed E-state index contributed by atoms with van der Waals surface area (Å²) in [7, 11) is 1.55. The summed E-state index contributed by atoms with van der Waals surface area (Å²) in [5, 5.41) is 3.55. The quantitative estimate of drug-likeness (QED) is 0.653. The first-order valence-electron chi connectivity index (χ1n) is 9.82. The van der Waals surface area contributed by atoms with E-state index in [9.17, 15) is 9.59 Å². The summed E-state index contributed by atoms with van der Waals surface area (Å²) in [4.78, 5) is 29.0. The molecule has 1 aliphatic rings. The molecule has 0 radical (unpaired) electrons. The fourth-order valence-corrected chi connectivity index (χ4v) is 4.57. The van der Waals surface area contributed by atoms with Crippen LogP contribution in [0.1, 0.15) is 29.3 Å². The topological polar surface area (TPSA) is 61.9 Å². The number of hydrogen-bond donors (Lipinski definition) is 1. The molecule has 1 aliphatic heterocycles. The van der Waals surface area contributed by atoms with Gasteiger partial charge in [0.1, 0.15) is 5.75 Å². The van der Waals surface area contributed by atoms with Crippen LogP contribution in [0.15, 0.2) is 34.8 Å². The minimum Gasteiger partial charge on any atom is -0.496 e. The van der Waals surface area contributed by atoms with Crippen LogP contribution in [0.3, 0.4) is 0 Å². The van der Waals surface area contributed by atoms with E-state index in [0.717, 1.165) is 15.7 Å². The monoisotopic (exact) mass is 493 g/mol. The lowest BCUT2D eigenvalue weighted by molar-refractivity contribution is -0.131. The maximum atomic E-state index is 13.1. The van der Waals surface area contributed by atoms with Crippen molar-refractivity contribution in [2.24, 2.45) is 0 Å². The summed E-state index contributed by atoms with van der Waals surface area (Å²) in [6.07, 6.45) is 0.501. The van der Waals surface area contributed by atoms with E-state index in [4.69, 9.17) is 16.3 Å².